The summed E-state index contributed by atoms with van der Waals surface area (Å²) >= 11 is 1.67. The lowest BCUT2D eigenvalue weighted by molar-refractivity contribution is -0.162. The van der Waals surface area contributed by atoms with E-state index in [0.717, 1.165) is 16.7 Å². The molecular weight excluding hydrogens is 687 g/mol. The zero-order valence-electron chi connectivity index (χ0n) is 32.5. The van der Waals surface area contributed by atoms with E-state index in [1.807, 2.05) is 39.0 Å². The molecule has 2 saturated heterocycles. The van der Waals surface area contributed by atoms with Gasteiger partial charge in [0.2, 0.25) is 11.8 Å². The van der Waals surface area contributed by atoms with Crippen molar-refractivity contribution in [3.8, 4) is 0 Å². The molecule has 1 aromatic rings. The van der Waals surface area contributed by atoms with Crippen LogP contribution in [0, 0.1) is 12.8 Å². The molecule has 0 saturated carbocycles. The molecule has 0 aliphatic carbocycles. The Kier molecular flexibility index (Phi) is 13.0. The summed E-state index contributed by atoms with van der Waals surface area (Å²) in [6.45, 7) is 15.4. The van der Waals surface area contributed by atoms with Crippen LogP contribution in [0.2, 0.25) is 0 Å². The van der Waals surface area contributed by atoms with Crippen molar-refractivity contribution in [2.75, 3.05) is 31.9 Å². The van der Waals surface area contributed by atoms with Crippen molar-refractivity contribution in [1.82, 2.24) is 10.2 Å². The van der Waals surface area contributed by atoms with E-state index in [2.05, 4.69) is 32.2 Å². The number of benzene rings is 1. The number of hydrogen-bond acceptors (Lipinski definition) is 10. The van der Waals surface area contributed by atoms with Crippen molar-refractivity contribution >= 4 is 41.3 Å². The number of nitrogens with one attached hydrogen (secondary N) is 1. The third-order valence-corrected chi connectivity index (χ3v) is 11.5. The Labute approximate surface area is 312 Å². The summed E-state index contributed by atoms with van der Waals surface area (Å²) in [5, 5.41) is 14.3. The summed E-state index contributed by atoms with van der Waals surface area (Å²) < 4.78 is 23.7. The van der Waals surface area contributed by atoms with Gasteiger partial charge in [0, 0.05) is 56.2 Å². The van der Waals surface area contributed by atoms with Crippen LogP contribution in [-0.2, 0) is 39.8 Å². The Morgan fingerprint density at radius 1 is 1.21 bits per heavy atom. The minimum atomic E-state index is -1.79. The molecule has 13 heteroatoms. The number of aryl methyl sites for hydroxylation is 1. The molecule has 3 aliphatic rings. The minimum absolute atomic E-state index is 0.00216. The largest absolute Gasteiger partial charge is 0.457 e. The van der Waals surface area contributed by atoms with Gasteiger partial charge in [0.05, 0.1) is 12.5 Å². The van der Waals surface area contributed by atoms with Crippen molar-refractivity contribution in [2.24, 2.45) is 5.92 Å². The highest BCUT2D eigenvalue weighted by Gasteiger charge is 2.64. The van der Waals surface area contributed by atoms with Crippen LogP contribution < -0.4 is 10.2 Å². The number of likely N-dealkylation sites (N-methyl/N-ethyl adjacent to an activating group) is 1. The third kappa shape index (κ3) is 9.97. The van der Waals surface area contributed by atoms with Gasteiger partial charge >= 0.3 is 12.1 Å². The lowest BCUT2D eigenvalue weighted by Gasteiger charge is -2.42. The maximum absolute atomic E-state index is 14.0. The molecule has 1 unspecified atom stereocenters. The Balaban J connectivity index is 1.67. The number of methoxy groups -OCH3 is 1. The molecule has 0 spiro atoms. The number of anilines is 1. The molecule has 3 aliphatic heterocycles. The lowest BCUT2D eigenvalue weighted by atomic mass is 9.83. The molecule has 8 atom stereocenters. The second kappa shape index (κ2) is 16.3. The molecule has 4 bridgehead atoms. The summed E-state index contributed by atoms with van der Waals surface area (Å²) in [5.74, 6) is -1.03. The van der Waals surface area contributed by atoms with Crippen LogP contribution in [0.15, 0.2) is 42.0 Å². The average molecular weight is 744 g/mol. The normalized spacial score (nSPS) is 32.0. The van der Waals surface area contributed by atoms with E-state index in [4.69, 9.17) is 18.9 Å². The SMILES string of the molecule is CO[C@@H]1/C=C/C=C(\C)Cc2cc(C)cc(c2)N(C)C(=O)C[C@H](OC(=O)[C@H](C)N(C)C(=O)CCSC(C)(C)C)[C@@]2(C)OC2[C@H](C)[C@@H]2C[C@@]1(O)NC(=O)O2. The van der Waals surface area contributed by atoms with Crippen LogP contribution in [0.25, 0.3) is 0 Å². The highest BCUT2D eigenvalue weighted by molar-refractivity contribution is 8.00. The number of epoxide rings is 1. The van der Waals surface area contributed by atoms with E-state index in [-0.39, 0.29) is 35.8 Å². The number of rotatable bonds is 7. The van der Waals surface area contributed by atoms with Gasteiger partial charge in [0.1, 0.15) is 30.0 Å². The molecule has 1 aromatic carbocycles. The van der Waals surface area contributed by atoms with Crippen molar-refractivity contribution in [2.45, 2.75) is 128 Å². The second-order valence-electron chi connectivity index (χ2n) is 15.7. The zero-order valence-corrected chi connectivity index (χ0v) is 33.3. The van der Waals surface area contributed by atoms with Crippen LogP contribution in [0.5, 0.6) is 0 Å². The number of ether oxygens (including phenoxy) is 4. The Morgan fingerprint density at radius 3 is 2.56 bits per heavy atom. The quantitative estimate of drug-likeness (QED) is 0.286. The molecule has 2 fully saturated rings. The highest BCUT2D eigenvalue weighted by atomic mass is 32.2. The summed E-state index contributed by atoms with van der Waals surface area (Å²) in [4.78, 5) is 56.6. The summed E-state index contributed by atoms with van der Waals surface area (Å²) in [6, 6.07) is 5.01. The highest BCUT2D eigenvalue weighted by Crippen LogP contribution is 2.49. The van der Waals surface area contributed by atoms with Gasteiger partial charge in [-0.25, -0.2) is 9.59 Å². The fraction of sp³-hybridized carbons (Fsp3) is 0.641. The molecular formula is C39H57N3O9S. The number of hydrogen-bond donors (Lipinski definition) is 2. The molecule has 2 N–H and O–H groups in total. The number of amides is 3. The Bertz CT molecular complexity index is 1570. The fourth-order valence-electron chi connectivity index (χ4n) is 6.85. The maximum Gasteiger partial charge on any atom is 0.409 e. The number of nitrogens with zero attached hydrogens (tertiary/aromatic N) is 2. The number of thioether (sulfide) groups is 1. The summed E-state index contributed by atoms with van der Waals surface area (Å²) in [7, 11) is 4.72. The number of carbonyl (C=O) groups excluding carboxylic acids is 4. The van der Waals surface area contributed by atoms with Gasteiger partial charge in [-0.3, -0.25) is 14.9 Å². The van der Waals surface area contributed by atoms with E-state index in [1.165, 1.54) is 12.0 Å². The first-order valence-corrected chi connectivity index (χ1v) is 18.9. The van der Waals surface area contributed by atoms with E-state index in [1.54, 1.807) is 56.8 Å². The first kappa shape index (κ1) is 41.4. The van der Waals surface area contributed by atoms with Gasteiger partial charge in [0.15, 0.2) is 5.72 Å². The molecule has 0 aromatic heterocycles. The smallest absolute Gasteiger partial charge is 0.409 e. The first-order chi connectivity index (χ1) is 24.2. The van der Waals surface area contributed by atoms with Crippen molar-refractivity contribution in [3.05, 3.63) is 53.1 Å². The maximum atomic E-state index is 14.0. The van der Waals surface area contributed by atoms with Crippen molar-refractivity contribution in [1.29, 1.82) is 0 Å². The van der Waals surface area contributed by atoms with Crippen LogP contribution in [0.4, 0.5) is 10.5 Å². The summed E-state index contributed by atoms with van der Waals surface area (Å²) in [6.07, 6.45) is 1.87. The predicted octanol–water partition coefficient (Wildman–Crippen LogP) is 5.08. The van der Waals surface area contributed by atoms with Crippen LogP contribution in [0.3, 0.4) is 0 Å². The van der Waals surface area contributed by atoms with E-state index >= 15 is 0 Å². The van der Waals surface area contributed by atoms with Crippen LogP contribution in [0.1, 0.15) is 78.9 Å². The van der Waals surface area contributed by atoms with Gasteiger partial charge in [-0.2, -0.15) is 11.8 Å². The zero-order chi connectivity index (χ0) is 38.8. The lowest BCUT2D eigenvalue weighted by Crippen LogP contribution is -2.63. The second-order valence-corrected chi connectivity index (χ2v) is 17.6. The average Bonchev–Trinajstić information content (AvgIpc) is 3.75. The summed E-state index contributed by atoms with van der Waals surface area (Å²) in [5.41, 5.74) is 0.749. The van der Waals surface area contributed by atoms with Crippen LogP contribution >= 0.6 is 11.8 Å². The number of aliphatic hydroxyl groups is 1. The van der Waals surface area contributed by atoms with E-state index < -0.39 is 59.8 Å². The predicted molar refractivity (Wildman–Crippen MR) is 201 cm³/mol. The molecule has 0 radical (unpaired) electrons. The number of esters is 1. The molecule has 12 nitrogen and oxygen atoms in total. The monoisotopic (exact) mass is 743 g/mol. The van der Waals surface area contributed by atoms with Crippen molar-refractivity contribution < 1.29 is 43.2 Å². The number of fused-ring (bicyclic) bond motifs is 5. The molecule has 4 rings (SSSR count). The molecule has 3 heterocycles. The number of carbonyl (C=O) groups is 4. The van der Waals surface area contributed by atoms with Gasteiger partial charge < -0.3 is 33.9 Å². The van der Waals surface area contributed by atoms with Crippen LogP contribution in [-0.4, -0.2) is 107 Å². The minimum Gasteiger partial charge on any atom is -0.457 e. The van der Waals surface area contributed by atoms with Gasteiger partial charge in [-0.05, 0) is 57.4 Å². The number of alkyl carbamates (subject to hydrolysis) is 1. The Hall–Kier alpha value is -3.39. The fourth-order valence-corrected chi connectivity index (χ4v) is 7.74. The van der Waals surface area contributed by atoms with Gasteiger partial charge in [0.25, 0.3) is 0 Å². The molecule has 3 amide bonds. The van der Waals surface area contributed by atoms with Gasteiger partial charge in [-0.15, -0.1) is 0 Å². The van der Waals surface area contributed by atoms with E-state index in [0.29, 0.717) is 17.9 Å². The molecule has 52 heavy (non-hydrogen) atoms. The Morgan fingerprint density at radius 2 is 1.90 bits per heavy atom. The number of allylic oxidation sites excluding steroid dienone is 3. The van der Waals surface area contributed by atoms with Crippen molar-refractivity contribution in [3.63, 3.8) is 0 Å². The molecule has 288 valence electrons. The third-order valence-electron chi connectivity index (χ3n) is 10.2. The first-order valence-electron chi connectivity index (χ1n) is 17.9. The topological polar surface area (TPSA) is 147 Å². The van der Waals surface area contributed by atoms with E-state index in [9.17, 15) is 24.3 Å². The standard InChI is InChI=1S/C39H57N3O9S/c1-23-13-12-14-30(48-11)39(47)22-29(49-36(46)40-39)25(3)34-38(8,51-34)31(21-33(44)42(10)28-19-24(2)18-27(17-23)20-28)50-35(45)26(4)41(9)32(43)15-16-52-37(5,6)7/h12-14,18-20,25-26,29-31,34,47H,15-17,21-22H2,1-11H3,(H,40,46)/b14-12+,23-13+/t25-,26+,29+,30-,31+,34?,38-,39+/m1/s1. The van der Waals surface area contributed by atoms with Gasteiger partial charge in [-0.1, -0.05) is 57.6 Å².